The van der Waals surface area contributed by atoms with Gasteiger partial charge in [-0.05, 0) is 31.0 Å². The van der Waals surface area contributed by atoms with Gasteiger partial charge in [0.05, 0.1) is 7.11 Å². The van der Waals surface area contributed by atoms with E-state index in [4.69, 9.17) is 16.3 Å². The molecule has 0 unspecified atom stereocenters. The topological polar surface area (TPSA) is 41.5 Å². The van der Waals surface area contributed by atoms with E-state index >= 15 is 0 Å². The number of halogens is 1. The van der Waals surface area contributed by atoms with Crippen molar-refractivity contribution < 1.29 is 9.84 Å². The monoisotopic (exact) mass is 255 g/mol. The second-order valence-electron chi connectivity index (χ2n) is 4.72. The average Bonchev–Trinajstić information content (AvgIpc) is 3.10. The van der Waals surface area contributed by atoms with Gasteiger partial charge in [-0.3, -0.25) is 0 Å². The second-order valence-corrected chi connectivity index (χ2v) is 5.15. The lowest BCUT2D eigenvalue weighted by atomic mass is 10.1. The first-order chi connectivity index (χ1) is 8.19. The molecule has 94 valence electrons. The Morgan fingerprint density at radius 3 is 2.82 bits per heavy atom. The third-order valence-electron chi connectivity index (χ3n) is 3.35. The molecule has 1 aliphatic carbocycles. The first-order valence-corrected chi connectivity index (χ1v) is 6.21. The highest BCUT2D eigenvalue weighted by atomic mass is 35.5. The van der Waals surface area contributed by atoms with Crippen LogP contribution in [0.1, 0.15) is 18.4 Å². The largest absolute Gasteiger partial charge is 0.496 e. The van der Waals surface area contributed by atoms with Gasteiger partial charge >= 0.3 is 0 Å². The fraction of sp³-hybridized carbons (Fsp3) is 0.538. The van der Waals surface area contributed by atoms with Crippen molar-refractivity contribution in [1.82, 2.24) is 5.32 Å². The number of aliphatic hydroxyl groups is 1. The summed E-state index contributed by atoms with van der Waals surface area (Å²) in [6, 6.07) is 5.60. The van der Waals surface area contributed by atoms with E-state index in [2.05, 4.69) is 5.32 Å². The van der Waals surface area contributed by atoms with E-state index in [1.54, 1.807) is 7.11 Å². The van der Waals surface area contributed by atoms with Crippen LogP contribution in [-0.2, 0) is 6.54 Å². The van der Waals surface area contributed by atoms with E-state index in [-0.39, 0.29) is 12.0 Å². The molecule has 1 aromatic rings. The predicted molar refractivity (Wildman–Crippen MR) is 68.5 cm³/mol. The zero-order chi connectivity index (χ0) is 12.3. The summed E-state index contributed by atoms with van der Waals surface area (Å²) in [6.07, 6.45) is 2.23. The minimum absolute atomic E-state index is 0.131. The summed E-state index contributed by atoms with van der Waals surface area (Å²) in [7, 11) is 1.66. The SMILES string of the molecule is COc1ccc(Cl)cc1CNCC1(CO)CC1. The summed E-state index contributed by atoms with van der Waals surface area (Å²) in [6.45, 7) is 1.83. The fourth-order valence-corrected chi connectivity index (χ4v) is 2.11. The Hall–Kier alpha value is -0.770. The molecule has 3 nitrogen and oxygen atoms in total. The van der Waals surface area contributed by atoms with E-state index in [9.17, 15) is 5.11 Å². The summed E-state index contributed by atoms with van der Waals surface area (Å²) in [5, 5.41) is 13.3. The molecule has 0 heterocycles. The van der Waals surface area contributed by atoms with Crippen LogP contribution in [0.5, 0.6) is 5.75 Å². The molecule has 0 radical (unpaired) electrons. The Balaban J connectivity index is 1.91. The van der Waals surface area contributed by atoms with Crippen molar-refractivity contribution in [2.45, 2.75) is 19.4 Å². The average molecular weight is 256 g/mol. The molecule has 1 saturated carbocycles. The van der Waals surface area contributed by atoms with Gasteiger partial charge in [-0.2, -0.15) is 0 Å². The van der Waals surface area contributed by atoms with Crippen LogP contribution in [0.25, 0.3) is 0 Å². The van der Waals surface area contributed by atoms with Crippen LogP contribution in [0.4, 0.5) is 0 Å². The molecule has 0 amide bonds. The smallest absolute Gasteiger partial charge is 0.123 e. The lowest BCUT2D eigenvalue weighted by Gasteiger charge is -2.14. The highest BCUT2D eigenvalue weighted by molar-refractivity contribution is 6.30. The maximum atomic E-state index is 9.21. The third-order valence-corrected chi connectivity index (χ3v) is 3.59. The van der Waals surface area contributed by atoms with Crippen LogP contribution >= 0.6 is 11.6 Å². The molecule has 1 fully saturated rings. The summed E-state index contributed by atoms with van der Waals surface area (Å²) in [4.78, 5) is 0. The zero-order valence-electron chi connectivity index (χ0n) is 10.0. The molecule has 0 bridgehead atoms. The Bertz CT molecular complexity index is 391. The van der Waals surface area contributed by atoms with Gasteiger partial charge in [0.1, 0.15) is 5.75 Å². The number of methoxy groups -OCH3 is 1. The van der Waals surface area contributed by atoms with Gasteiger partial charge in [0.25, 0.3) is 0 Å². The van der Waals surface area contributed by atoms with Crippen molar-refractivity contribution in [1.29, 1.82) is 0 Å². The molecule has 17 heavy (non-hydrogen) atoms. The molecular weight excluding hydrogens is 238 g/mol. The Kier molecular flexibility index (Phi) is 3.92. The van der Waals surface area contributed by atoms with Crippen LogP contribution < -0.4 is 10.1 Å². The van der Waals surface area contributed by atoms with Gasteiger partial charge < -0.3 is 15.2 Å². The molecule has 0 atom stereocenters. The zero-order valence-corrected chi connectivity index (χ0v) is 10.8. The van der Waals surface area contributed by atoms with Gasteiger partial charge in [0.2, 0.25) is 0 Å². The minimum atomic E-state index is 0.131. The van der Waals surface area contributed by atoms with Crippen molar-refractivity contribution in [2.75, 3.05) is 20.3 Å². The lowest BCUT2D eigenvalue weighted by Crippen LogP contribution is -2.26. The number of hydrogen-bond acceptors (Lipinski definition) is 3. The van der Waals surface area contributed by atoms with Gasteiger partial charge in [0, 0.05) is 35.7 Å². The highest BCUT2D eigenvalue weighted by Crippen LogP contribution is 2.44. The minimum Gasteiger partial charge on any atom is -0.496 e. The van der Waals surface area contributed by atoms with E-state index < -0.39 is 0 Å². The number of hydrogen-bond donors (Lipinski definition) is 2. The molecule has 4 heteroatoms. The van der Waals surface area contributed by atoms with Gasteiger partial charge in [-0.1, -0.05) is 11.6 Å². The highest BCUT2D eigenvalue weighted by Gasteiger charge is 2.41. The Morgan fingerprint density at radius 1 is 1.47 bits per heavy atom. The summed E-state index contributed by atoms with van der Waals surface area (Å²) in [5.41, 5.74) is 1.18. The van der Waals surface area contributed by atoms with Crippen LogP contribution in [0.2, 0.25) is 5.02 Å². The molecule has 0 spiro atoms. The molecule has 2 rings (SSSR count). The maximum absolute atomic E-state index is 9.21. The number of rotatable bonds is 6. The van der Waals surface area contributed by atoms with Crippen molar-refractivity contribution >= 4 is 11.6 Å². The quantitative estimate of drug-likeness (QED) is 0.819. The molecule has 0 aromatic heterocycles. The summed E-state index contributed by atoms with van der Waals surface area (Å²) < 4.78 is 5.28. The summed E-state index contributed by atoms with van der Waals surface area (Å²) >= 11 is 5.96. The standard InChI is InChI=1S/C13H18ClNO2/c1-17-12-3-2-11(14)6-10(12)7-15-8-13(9-16)4-5-13/h2-3,6,15-16H,4-5,7-9H2,1H3. The Morgan fingerprint density at radius 2 is 2.24 bits per heavy atom. The number of ether oxygens (including phenoxy) is 1. The predicted octanol–water partition coefficient (Wildman–Crippen LogP) is 2.21. The number of benzene rings is 1. The van der Waals surface area contributed by atoms with E-state index in [0.29, 0.717) is 11.6 Å². The molecular formula is C13H18ClNO2. The van der Waals surface area contributed by atoms with Crippen molar-refractivity contribution in [3.05, 3.63) is 28.8 Å². The normalized spacial score (nSPS) is 16.9. The van der Waals surface area contributed by atoms with Crippen LogP contribution in [0.3, 0.4) is 0 Å². The molecule has 0 saturated heterocycles. The van der Waals surface area contributed by atoms with Crippen molar-refractivity contribution in [2.24, 2.45) is 5.41 Å². The van der Waals surface area contributed by atoms with E-state index in [0.717, 1.165) is 30.7 Å². The Labute approximate surface area is 107 Å². The fourth-order valence-electron chi connectivity index (χ4n) is 1.92. The van der Waals surface area contributed by atoms with E-state index in [1.807, 2.05) is 18.2 Å². The molecule has 1 aromatic carbocycles. The van der Waals surface area contributed by atoms with Crippen molar-refractivity contribution in [3.8, 4) is 5.75 Å². The van der Waals surface area contributed by atoms with Gasteiger partial charge in [-0.15, -0.1) is 0 Å². The van der Waals surface area contributed by atoms with Crippen LogP contribution in [-0.4, -0.2) is 25.4 Å². The van der Waals surface area contributed by atoms with Gasteiger partial charge in [0.15, 0.2) is 0 Å². The number of aliphatic hydroxyl groups excluding tert-OH is 1. The van der Waals surface area contributed by atoms with Crippen LogP contribution in [0, 0.1) is 5.41 Å². The first kappa shape index (κ1) is 12.7. The molecule has 0 aliphatic heterocycles. The molecule has 2 N–H and O–H groups in total. The lowest BCUT2D eigenvalue weighted by molar-refractivity contribution is 0.207. The van der Waals surface area contributed by atoms with E-state index in [1.165, 1.54) is 0 Å². The van der Waals surface area contributed by atoms with Crippen LogP contribution in [0.15, 0.2) is 18.2 Å². The van der Waals surface area contributed by atoms with Gasteiger partial charge in [-0.25, -0.2) is 0 Å². The maximum Gasteiger partial charge on any atom is 0.123 e. The number of nitrogens with one attached hydrogen (secondary N) is 1. The van der Waals surface area contributed by atoms with Crippen molar-refractivity contribution in [3.63, 3.8) is 0 Å². The second kappa shape index (κ2) is 5.25. The third kappa shape index (κ3) is 3.12. The summed E-state index contributed by atoms with van der Waals surface area (Å²) in [5.74, 6) is 0.843. The molecule has 1 aliphatic rings. The first-order valence-electron chi connectivity index (χ1n) is 5.83.